The molecule has 0 unspecified atom stereocenters. The van der Waals surface area contributed by atoms with Gasteiger partial charge >= 0.3 is 5.97 Å². The molecule has 0 radical (unpaired) electrons. The van der Waals surface area contributed by atoms with Crippen molar-refractivity contribution in [3.63, 3.8) is 0 Å². The number of thiazole rings is 1. The molecular weight excluding hydrogens is 380 g/mol. The van der Waals surface area contributed by atoms with E-state index in [4.69, 9.17) is 4.74 Å². The molecule has 0 bridgehead atoms. The third-order valence-corrected chi connectivity index (χ3v) is 5.08. The van der Waals surface area contributed by atoms with E-state index in [9.17, 15) is 18.0 Å². The number of rotatable bonds is 4. The normalized spacial score (nSPS) is 11.7. The first-order valence-electron chi connectivity index (χ1n) is 7.45. The minimum Gasteiger partial charge on any atom is -0.462 e. The third-order valence-electron chi connectivity index (χ3n) is 3.46. The van der Waals surface area contributed by atoms with Gasteiger partial charge in [0.2, 0.25) is 20.4 Å². The van der Waals surface area contributed by atoms with Crippen molar-refractivity contribution in [2.45, 2.75) is 19.0 Å². The first-order chi connectivity index (χ1) is 12.2. The predicted molar refractivity (Wildman–Crippen MR) is 94.6 cm³/mol. The summed E-state index contributed by atoms with van der Waals surface area (Å²) in [5.74, 6) is -0.781. The quantitative estimate of drug-likeness (QED) is 0.477. The average Bonchev–Trinajstić information content (AvgIpc) is 3.08. The molecule has 0 atom stereocenters. The number of aryl methyl sites for hydroxylation is 1. The molecule has 0 saturated heterocycles. The highest BCUT2D eigenvalue weighted by Crippen LogP contribution is 2.21. The fourth-order valence-corrected chi connectivity index (χ4v) is 3.53. The van der Waals surface area contributed by atoms with E-state index in [0.29, 0.717) is 5.13 Å². The molecule has 0 aromatic carbocycles. The number of aromatic nitrogens is 4. The van der Waals surface area contributed by atoms with Crippen molar-refractivity contribution in [2.24, 2.45) is 0 Å². The Labute approximate surface area is 152 Å². The van der Waals surface area contributed by atoms with Crippen molar-refractivity contribution < 1.29 is 17.9 Å². The Morgan fingerprint density at radius 2 is 2.08 bits per heavy atom. The second-order valence-electron chi connectivity index (χ2n) is 5.34. The molecule has 0 spiro atoms. The van der Waals surface area contributed by atoms with Gasteiger partial charge in [-0.15, -0.1) is 11.3 Å². The molecule has 3 heterocycles. The largest absolute Gasteiger partial charge is 0.462 e. The second-order valence-corrected chi connectivity index (χ2v) is 8.12. The van der Waals surface area contributed by atoms with Gasteiger partial charge in [-0.1, -0.05) is 0 Å². The summed E-state index contributed by atoms with van der Waals surface area (Å²) in [5.41, 5.74) is -0.611. The summed E-state index contributed by atoms with van der Waals surface area (Å²) in [5, 5.41) is 1.75. The van der Waals surface area contributed by atoms with Crippen LogP contribution in [0, 0.1) is 6.92 Å². The van der Waals surface area contributed by atoms with Gasteiger partial charge < -0.3 is 4.74 Å². The Hall–Kier alpha value is -2.66. The molecule has 11 heteroatoms. The van der Waals surface area contributed by atoms with E-state index in [0.717, 1.165) is 6.26 Å². The number of hydrogen-bond donors (Lipinski definition) is 0. The maximum absolute atomic E-state index is 12.8. The van der Waals surface area contributed by atoms with Gasteiger partial charge in [-0.05, 0) is 13.8 Å². The lowest BCUT2D eigenvalue weighted by Crippen LogP contribution is -2.23. The number of sulfone groups is 1. The molecule has 136 valence electrons. The monoisotopic (exact) mass is 394 g/mol. The number of carbonyl (C=O) groups is 1. The van der Waals surface area contributed by atoms with Crippen molar-refractivity contribution >= 4 is 38.2 Å². The lowest BCUT2D eigenvalue weighted by atomic mass is 10.1. The van der Waals surface area contributed by atoms with Crippen molar-refractivity contribution in [2.75, 3.05) is 12.9 Å². The Kier molecular flexibility index (Phi) is 4.59. The van der Waals surface area contributed by atoms with E-state index >= 15 is 0 Å². The Bertz CT molecular complexity index is 1170. The van der Waals surface area contributed by atoms with E-state index in [1.165, 1.54) is 29.0 Å². The van der Waals surface area contributed by atoms with Gasteiger partial charge in [-0.2, -0.15) is 4.98 Å². The number of pyridine rings is 1. The van der Waals surface area contributed by atoms with Crippen LogP contribution in [0.2, 0.25) is 0 Å². The van der Waals surface area contributed by atoms with Crippen molar-refractivity contribution in [3.05, 3.63) is 39.3 Å². The number of esters is 1. The maximum Gasteiger partial charge on any atom is 0.343 e. The van der Waals surface area contributed by atoms with E-state index in [1.807, 2.05) is 0 Å². The van der Waals surface area contributed by atoms with Crippen LogP contribution in [0.1, 0.15) is 23.0 Å². The van der Waals surface area contributed by atoms with Gasteiger partial charge in [0.25, 0.3) is 0 Å². The van der Waals surface area contributed by atoms with E-state index in [-0.39, 0.29) is 28.9 Å². The molecule has 0 N–H and O–H groups in total. The summed E-state index contributed by atoms with van der Waals surface area (Å²) < 4.78 is 30.1. The minimum absolute atomic E-state index is 0.0400. The third kappa shape index (κ3) is 3.10. The molecule has 0 saturated carbocycles. The summed E-state index contributed by atoms with van der Waals surface area (Å²) >= 11 is 1.24. The smallest absolute Gasteiger partial charge is 0.343 e. The Balaban J connectivity index is 2.48. The zero-order valence-corrected chi connectivity index (χ0v) is 15.7. The standard InChI is InChI=1S/C15H14N4O5S2/c1-4-24-13(21)9-7-19(15-16-5-6-25-15)12-10(11(9)20)8(2)17-14(18-12)26(3,22)23/h5-7H,4H2,1-3H3. The zero-order valence-electron chi connectivity index (χ0n) is 14.1. The topological polar surface area (TPSA) is 121 Å². The minimum atomic E-state index is -3.70. The van der Waals surface area contributed by atoms with Crippen LogP contribution in [0.4, 0.5) is 0 Å². The van der Waals surface area contributed by atoms with Crippen LogP contribution in [0.5, 0.6) is 0 Å². The van der Waals surface area contributed by atoms with Gasteiger partial charge in [0.05, 0.1) is 17.7 Å². The molecule has 0 aliphatic carbocycles. The number of carbonyl (C=O) groups excluding carboxylic acids is 1. The summed E-state index contributed by atoms with van der Waals surface area (Å²) in [6, 6.07) is 0. The lowest BCUT2D eigenvalue weighted by Gasteiger charge is -2.12. The highest BCUT2D eigenvalue weighted by molar-refractivity contribution is 7.90. The summed E-state index contributed by atoms with van der Waals surface area (Å²) in [6.07, 6.45) is 3.78. The SMILES string of the molecule is CCOC(=O)c1cn(-c2nccs2)c2nc(S(C)(=O)=O)nc(C)c2c1=O. The van der Waals surface area contributed by atoms with Crippen molar-refractivity contribution in [3.8, 4) is 5.13 Å². The maximum atomic E-state index is 12.8. The molecule has 26 heavy (non-hydrogen) atoms. The molecule has 0 aliphatic heterocycles. The Morgan fingerprint density at radius 1 is 1.35 bits per heavy atom. The fraction of sp³-hybridized carbons (Fsp3) is 0.267. The van der Waals surface area contributed by atoms with Gasteiger partial charge in [-0.25, -0.2) is 23.2 Å². The van der Waals surface area contributed by atoms with Crippen LogP contribution in [-0.2, 0) is 14.6 Å². The van der Waals surface area contributed by atoms with Crippen LogP contribution in [0.15, 0.2) is 27.7 Å². The molecular formula is C15H14N4O5S2. The highest BCUT2D eigenvalue weighted by Gasteiger charge is 2.23. The molecule has 9 nitrogen and oxygen atoms in total. The number of ether oxygens (including phenoxy) is 1. The van der Waals surface area contributed by atoms with Crippen LogP contribution < -0.4 is 5.43 Å². The summed E-state index contributed by atoms with van der Waals surface area (Å²) in [7, 11) is -3.70. The molecule has 0 amide bonds. The molecule has 3 aromatic rings. The second kappa shape index (κ2) is 6.57. The van der Waals surface area contributed by atoms with Crippen molar-refractivity contribution in [1.29, 1.82) is 0 Å². The first-order valence-corrected chi connectivity index (χ1v) is 10.2. The highest BCUT2D eigenvalue weighted by atomic mass is 32.2. The molecule has 0 aliphatic rings. The van der Waals surface area contributed by atoms with Gasteiger partial charge in [0.15, 0.2) is 10.8 Å². The molecule has 3 rings (SSSR count). The Morgan fingerprint density at radius 3 is 2.65 bits per heavy atom. The van der Waals surface area contributed by atoms with Crippen molar-refractivity contribution in [1.82, 2.24) is 19.5 Å². The number of hydrogen-bond acceptors (Lipinski definition) is 9. The summed E-state index contributed by atoms with van der Waals surface area (Å²) in [4.78, 5) is 37.1. The van der Waals surface area contributed by atoms with E-state index in [2.05, 4.69) is 15.0 Å². The lowest BCUT2D eigenvalue weighted by molar-refractivity contribution is 0.0524. The van der Waals surface area contributed by atoms with Crippen LogP contribution in [0.3, 0.4) is 0 Å². The van der Waals surface area contributed by atoms with Gasteiger partial charge in [-0.3, -0.25) is 9.36 Å². The van der Waals surface area contributed by atoms with E-state index in [1.54, 1.807) is 18.5 Å². The average molecular weight is 394 g/mol. The predicted octanol–water partition coefficient (Wildman–Crippen LogP) is 1.13. The van der Waals surface area contributed by atoms with E-state index < -0.39 is 26.4 Å². The van der Waals surface area contributed by atoms with Crippen LogP contribution in [-0.4, -0.2) is 46.8 Å². The fourth-order valence-electron chi connectivity index (χ4n) is 2.36. The number of fused-ring (bicyclic) bond motifs is 1. The molecule has 0 fully saturated rings. The first kappa shape index (κ1) is 18.1. The zero-order chi connectivity index (χ0) is 19.1. The van der Waals surface area contributed by atoms with Crippen LogP contribution >= 0.6 is 11.3 Å². The number of nitrogens with zero attached hydrogens (tertiary/aromatic N) is 4. The van der Waals surface area contributed by atoms with Gasteiger partial charge in [0, 0.05) is 24.0 Å². The van der Waals surface area contributed by atoms with Crippen LogP contribution in [0.25, 0.3) is 16.2 Å². The molecule has 3 aromatic heterocycles. The van der Waals surface area contributed by atoms with Gasteiger partial charge in [0.1, 0.15) is 5.56 Å². The summed E-state index contributed by atoms with van der Waals surface area (Å²) in [6.45, 7) is 3.22.